The van der Waals surface area contributed by atoms with E-state index in [4.69, 9.17) is 35.3 Å². The van der Waals surface area contributed by atoms with E-state index in [1.54, 1.807) is 6.26 Å². The van der Waals surface area contributed by atoms with E-state index in [9.17, 15) is 0 Å². The van der Waals surface area contributed by atoms with Gasteiger partial charge in [0.05, 0.1) is 50.4 Å². The maximum absolute atomic E-state index is 6.75. The molecule has 4 aromatic rings. The first kappa shape index (κ1) is 27.6. The topological polar surface area (TPSA) is 71.9 Å². The molecule has 210 valence electrons. The summed E-state index contributed by atoms with van der Waals surface area (Å²) in [6, 6.07) is 30.3. The Bertz CT molecular complexity index is 1420. The van der Waals surface area contributed by atoms with E-state index < -0.39 is 18.3 Å². The van der Waals surface area contributed by atoms with Gasteiger partial charge in [-0.1, -0.05) is 103 Å². The fourth-order valence-electron chi connectivity index (χ4n) is 5.23. The minimum atomic E-state index is -0.435. The highest BCUT2D eigenvalue weighted by molar-refractivity contribution is 6.30. The molecule has 1 fully saturated rings. The molecule has 7 nitrogen and oxygen atoms in total. The molecule has 2 aliphatic heterocycles. The zero-order valence-electron chi connectivity index (χ0n) is 22.4. The highest BCUT2D eigenvalue weighted by Crippen LogP contribution is 2.42. The summed E-state index contributed by atoms with van der Waals surface area (Å²) < 4.78 is 31.8. The van der Waals surface area contributed by atoms with Gasteiger partial charge in [0.25, 0.3) is 0 Å². The Morgan fingerprint density at radius 2 is 1.29 bits per heavy atom. The Balaban J connectivity index is 1.29. The van der Waals surface area contributed by atoms with Crippen LogP contribution in [0.5, 0.6) is 5.75 Å². The van der Waals surface area contributed by atoms with Crippen LogP contribution in [0.4, 0.5) is 0 Å². The second-order valence-electron chi connectivity index (χ2n) is 10.0. The van der Waals surface area contributed by atoms with Crippen LogP contribution in [-0.4, -0.2) is 41.0 Å². The molecule has 1 saturated heterocycles. The van der Waals surface area contributed by atoms with Crippen LogP contribution in [0, 0.1) is 0 Å². The molecule has 0 aliphatic carbocycles. The fourth-order valence-corrected chi connectivity index (χ4v) is 5.42. The van der Waals surface area contributed by atoms with Crippen molar-refractivity contribution in [3.8, 4) is 5.75 Å². The zero-order valence-corrected chi connectivity index (χ0v) is 23.2. The molecule has 5 atom stereocenters. The van der Waals surface area contributed by atoms with Crippen molar-refractivity contribution in [2.75, 3.05) is 6.61 Å². The molecule has 3 aromatic carbocycles. The largest absolute Gasteiger partial charge is 0.460 e. The first-order valence-corrected chi connectivity index (χ1v) is 14.1. The number of ether oxygens (including phenoxy) is 5. The first-order valence-electron chi connectivity index (χ1n) is 13.7. The minimum Gasteiger partial charge on any atom is -0.460 e. The number of nitrogens with zero attached hydrogens (tertiary/aromatic N) is 2. The fraction of sp³-hybridized carbons (Fsp3) is 0.273. The molecule has 0 spiro atoms. The van der Waals surface area contributed by atoms with Gasteiger partial charge in [0.2, 0.25) is 0 Å². The highest BCUT2D eigenvalue weighted by Gasteiger charge is 2.50. The molecule has 41 heavy (non-hydrogen) atoms. The number of hydrogen-bond acceptors (Lipinski definition) is 7. The van der Waals surface area contributed by atoms with Gasteiger partial charge in [0.1, 0.15) is 24.6 Å². The molecule has 0 amide bonds. The molecule has 0 bridgehead atoms. The van der Waals surface area contributed by atoms with Crippen LogP contribution >= 0.6 is 11.6 Å². The van der Waals surface area contributed by atoms with Crippen LogP contribution in [0.2, 0.25) is 5.15 Å². The van der Waals surface area contributed by atoms with Gasteiger partial charge in [-0.2, -0.15) is 0 Å². The number of fused-ring (bicyclic) bond motifs is 1. The Labute approximate surface area is 244 Å². The van der Waals surface area contributed by atoms with Crippen molar-refractivity contribution < 1.29 is 23.7 Å². The third-order valence-electron chi connectivity index (χ3n) is 7.24. The summed E-state index contributed by atoms with van der Waals surface area (Å²) in [4.78, 5) is 8.61. The van der Waals surface area contributed by atoms with Crippen LogP contribution in [0.15, 0.2) is 110 Å². The monoisotopic (exact) mass is 570 g/mol. The van der Waals surface area contributed by atoms with Crippen LogP contribution in [0.25, 0.3) is 0 Å². The average molecular weight is 571 g/mol. The summed E-state index contributed by atoms with van der Waals surface area (Å²) >= 11 is 6.37. The number of hydrogen-bond donors (Lipinski definition) is 0. The molecule has 1 aromatic heterocycles. The predicted molar refractivity (Wildman–Crippen MR) is 154 cm³/mol. The number of benzene rings is 3. The average Bonchev–Trinajstić information content (AvgIpc) is 3.37. The number of halogens is 1. The molecule has 0 N–H and O–H groups in total. The molecule has 2 unspecified atom stereocenters. The van der Waals surface area contributed by atoms with Gasteiger partial charge in [-0.05, 0) is 22.8 Å². The van der Waals surface area contributed by atoms with Crippen molar-refractivity contribution in [3.05, 3.63) is 137 Å². The summed E-state index contributed by atoms with van der Waals surface area (Å²) in [6.07, 6.45) is 3.32. The normalized spacial score (nSPS) is 23.2. The van der Waals surface area contributed by atoms with Gasteiger partial charge in [-0.25, -0.2) is 9.97 Å². The first-order chi connectivity index (χ1) is 20.3. The van der Waals surface area contributed by atoms with Crippen molar-refractivity contribution in [1.82, 2.24) is 9.97 Å². The van der Waals surface area contributed by atoms with Gasteiger partial charge in [-0.3, -0.25) is 0 Å². The van der Waals surface area contributed by atoms with E-state index in [2.05, 4.69) is 9.97 Å². The smallest absolute Gasteiger partial charge is 0.185 e. The van der Waals surface area contributed by atoms with Crippen LogP contribution in [-0.2, 0) is 38.8 Å². The quantitative estimate of drug-likeness (QED) is 0.197. The molecule has 8 heteroatoms. The number of aromatic nitrogens is 2. The highest BCUT2D eigenvalue weighted by atomic mass is 35.5. The Morgan fingerprint density at radius 1 is 0.707 bits per heavy atom. The van der Waals surface area contributed by atoms with Crippen molar-refractivity contribution in [1.29, 1.82) is 0 Å². The van der Waals surface area contributed by atoms with E-state index in [-0.39, 0.29) is 17.2 Å². The van der Waals surface area contributed by atoms with E-state index in [1.807, 2.05) is 97.1 Å². The van der Waals surface area contributed by atoms with Crippen molar-refractivity contribution in [2.24, 2.45) is 0 Å². The summed E-state index contributed by atoms with van der Waals surface area (Å²) in [6.45, 7) is 1.62. The second-order valence-corrected chi connectivity index (χ2v) is 10.4. The van der Waals surface area contributed by atoms with Crippen molar-refractivity contribution in [3.63, 3.8) is 0 Å². The van der Waals surface area contributed by atoms with E-state index in [0.717, 1.165) is 16.7 Å². The van der Waals surface area contributed by atoms with Gasteiger partial charge in [-0.15, -0.1) is 0 Å². The maximum Gasteiger partial charge on any atom is 0.185 e. The van der Waals surface area contributed by atoms with Gasteiger partial charge >= 0.3 is 0 Å². The van der Waals surface area contributed by atoms with Crippen LogP contribution in [0.3, 0.4) is 0 Å². The van der Waals surface area contributed by atoms with Gasteiger partial charge < -0.3 is 23.7 Å². The second kappa shape index (κ2) is 13.4. The molecule has 0 radical (unpaired) electrons. The Kier molecular flexibility index (Phi) is 9.00. The van der Waals surface area contributed by atoms with E-state index >= 15 is 0 Å². The molecule has 6 rings (SSSR count). The molecule has 0 saturated carbocycles. The molecular formula is C33H31ClN2O5. The zero-order chi connectivity index (χ0) is 27.9. The van der Waals surface area contributed by atoms with E-state index in [1.165, 1.54) is 6.33 Å². The summed E-state index contributed by atoms with van der Waals surface area (Å²) in [7, 11) is 0. The Hall–Kier alpha value is -3.59. The Morgan fingerprint density at radius 3 is 1.93 bits per heavy atom. The lowest BCUT2D eigenvalue weighted by atomic mass is 9.91. The van der Waals surface area contributed by atoms with Crippen LogP contribution in [0.1, 0.15) is 28.3 Å². The summed E-state index contributed by atoms with van der Waals surface area (Å²) in [5.41, 5.74) is 3.87. The molecule has 3 heterocycles. The van der Waals surface area contributed by atoms with E-state index in [0.29, 0.717) is 37.9 Å². The van der Waals surface area contributed by atoms with Crippen molar-refractivity contribution in [2.45, 2.75) is 50.2 Å². The van der Waals surface area contributed by atoms with Gasteiger partial charge in [0, 0.05) is 0 Å². The third-order valence-corrected chi connectivity index (χ3v) is 7.51. The predicted octanol–water partition coefficient (Wildman–Crippen LogP) is 6.27. The third kappa shape index (κ3) is 6.67. The lowest BCUT2D eigenvalue weighted by Gasteiger charge is -2.29. The lowest BCUT2D eigenvalue weighted by molar-refractivity contribution is -0.0899. The number of rotatable bonds is 11. The maximum atomic E-state index is 6.75. The standard InChI is InChI=1S/C33H31ClN2O5/c34-33-31-28(35-22-36-33)26(16-17-38-31)29-32(40-20-25-14-8-3-9-15-25)30(39-19-24-12-6-2-7-13-24)27(41-29)21-37-18-23-10-4-1-5-11-23/h1-17,22,26-27,29-30,32H,18-21H2/t26?,27?,29-,30+,32-/m0/s1. The molecular weight excluding hydrogens is 540 g/mol. The van der Waals surface area contributed by atoms with Crippen LogP contribution < -0.4 is 4.74 Å². The molecule has 2 aliphatic rings. The lowest BCUT2D eigenvalue weighted by Crippen LogP contribution is -2.40. The summed E-state index contributed by atoms with van der Waals surface area (Å²) in [5, 5.41) is 0.253. The SMILES string of the molecule is Clc1ncnc2c1OC=CC2[C@@H]1OC(COCc2ccccc2)[C@@H](OCc2ccccc2)[C@H]1OCc1ccccc1. The van der Waals surface area contributed by atoms with Gasteiger partial charge in [0.15, 0.2) is 10.9 Å². The minimum absolute atomic E-state index is 0.253. The van der Waals surface area contributed by atoms with Crippen molar-refractivity contribution >= 4 is 11.6 Å². The summed E-state index contributed by atoms with van der Waals surface area (Å²) in [5.74, 6) is 0.138.